The topological polar surface area (TPSA) is 83.6 Å². The van der Waals surface area contributed by atoms with E-state index >= 15 is 0 Å². The van der Waals surface area contributed by atoms with Crippen LogP contribution in [0.4, 0.5) is 0 Å². The van der Waals surface area contributed by atoms with Gasteiger partial charge in [0.05, 0.1) is 11.6 Å². The summed E-state index contributed by atoms with van der Waals surface area (Å²) in [5.41, 5.74) is 1.44. The Morgan fingerprint density at radius 3 is 2.45 bits per heavy atom. The van der Waals surface area contributed by atoms with Crippen LogP contribution in [0, 0.1) is 6.92 Å². The number of nitrogens with zero attached hydrogens (tertiary/aromatic N) is 3. The van der Waals surface area contributed by atoms with E-state index in [1.807, 2.05) is 20.8 Å². The third-order valence-electron chi connectivity index (χ3n) is 3.05. The van der Waals surface area contributed by atoms with E-state index in [0.29, 0.717) is 5.56 Å². The minimum Gasteiger partial charge on any atom is -0.344 e. The summed E-state index contributed by atoms with van der Waals surface area (Å²) >= 11 is 0. The largest absolute Gasteiger partial charge is 0.344 e. The number of carbonyl (C=O) groups is 1. The van der Waals surface area contributed by atoms with Crippen LogP contribution in [0.25, 0.3) is 0 Å². The van der Waals surface area contributed by atoms with E-state index in [1.54, 1.807) is 18.6 Å². The molecule has 2 aromatic rings. The molecule has 0 aliphatic rings. The molecule has 0 aromatic carbocycles. The van der Waals surface area contributed by atoms with Crippen LogP contribution in [-0.2, 0) is 6.42 Å². The van der Waals surface area contributed by atoms with Crippen LogP contribution >= 0.6 is 0 Å². The first-order valence-corrected chi connectivity index (χ1v) is 6.77. The summed E-state index contributed by atoms with van der Waals surface area (Å²) in [7, 11) is 0. The van der Waals surface area contributed by atoms with Gasteiger partial charge in [0.15, 0.2) is 0 Å². The van der Waals surface area contributed by atoms with Crippen LogP contribution in [0.5, 0.6) is 0 Å². The average molecular weight is 273 g/mol. The van der Waals surface area contributed by atoms with Gasteiger partial charge in [-0.3, -0.25) is 4.79 Å². The second-order valence-corrected chi connectivity index (χ2v) is 4.63. The van der Waals surface area contributed by atoms with Crippen LogP contribution in [-0.4, -0.2) is 25.8 Å². The Bertz CT molecular complexity index is 576. The first-order chi connectivity index (χ1) is 9.63. The molecule has 106 valence electrons. The molecule has 0 saturated heterocycles. The minimum atomic E-state index is -0.187. The van der Waals surface area contributed by atoms with Gasteiger partial charge in [-0.25, -0.2) is 15.0 Å². The molecule has 2 aromatic heterocycles. The summed E-state index contributed by atoms with van der Waals surface area (Å²) in [6.45, 7) is 5.91. The van der Waals surface area contributed by atoms with Crippen molar-refractivity contribution in [3.05, 3.63) is 41.5 Å². The van der Waals surface area contributed by atoms with Crippen molar-refractivity contribution >= 4 is 5.91 Å². The Kier molecular flexibility index (Phi) is 4.45. The Balaban J connectivity index is 2.08. The second-order valence-electron chi connectivity index (χ2n) is 4.63. The fourth-order valence-electron chi connectivity index (χ4n) is 1.87. The Morgan fingerprint density at radius 1 is 1.25 bits per heavy atom. The average Bonchev–Trinajstić information content (AvgIpc) is 2.91. The maximum atomic E-state index is 12.2. The van der Waals surface area contributed by atoms with E-state index in [1.165, 1.54) is 0 Å². The SMILES string of the molecule is CCc1ncc(C(=O)NC(CC)c2ncc(C)[nH]2)cn1. The highest BCUT2D eigenvalue weighted by atomic mass is 16.1. The standard InChI is InChI=1S/C14H19N5O/c1-4-11(13-17-6-9(3)18-13)19-14(20)10-7-15-12(5-2)16-8-10/h6-8,11H,4-5H2,1-3H3,(H,17,18)(H,19,20). The summed E-state index contributed by atoms with van der Waals surface area (Å²) in [6, 6.07) is -0.137. The molecule has 2 N–H and O–H groups in total. The molecular weight excluding hydrogens is 254 g/mol. The first-order valence-electron chi connectivity index (χ1n) is 6.77. The minimum absolute atomic E-state index is 0.137. The Morgan fingerprint density at radius 2 is 1.95 bits per heavy atom. The predicted octanol–water partition coefficient (Wildman–Crippen LogP) is 1.95. The monoisotopic (exact) mass is 273 g/mol. The van der Waals surface area contributed by atoms with Gasteiger partial charge in [0.2, 0.25) is 0 Å². The molecule has 0 aliphatic heterocycles. The van der Waals surface area contributed by atoms with E-state index in [4.69, 9.17) is 0 Å². The van der Waals surface area contributed by atoms with Gasteiger partial charge in [0, 0.05) is 30.7 Å². The lowest BCUT2D eigenvalue weighted by Crippen LogP contribution is -2.29. The number of amides is 1. The molecule has 0 bridgehead atoms. The summed E-state index contributed by atoms with van der Waals surface area (Å²) in [4.78, 5) is 27.8. The van der Waals surface area contributed by atoms with Gasteiger partial charge >= 0.3 is 0 Å². The summed E-state index contributed by atoms with van der Waals surface area (Å²) < 4.78 is 0. The van der Waals surface area contributed by atoms with Crippen LogP contribution < -0.4 is 5.32 Å². The second kappa shape index (κ2) is 6.27. The highest BCUT2D eigenvalue weighted by molar-refractivity contribution is 5.93. The molecule has 0 saturated carbocycles. The zero-order valence-corrected chi connectivity index (χ0v) is 12.0. The van der Waals surface area contributed by atoms with Gasteiger partial charge in [-0.15, -0.1) is 0 Å². The summed E-state index contributed by atoms with van der Waals surface area (Å²) in [6.07, 6.45) is 6.38. The van der Waals surface area contributed by atoms with E-state index in [-0.39, 0.29) is 11.9 Å². The van der Waals surface area contributed by atoms with Gasteiger partial charge in [0.1, 0.15) is 11.6 Å². The quantitative estimate of drug-likeness (QED) is 0.872. The smallest absolute Gasteiger partial charge is 0.255 e. The van der Waals surface area contributed by atoms with Crippen LogP contribution in [0.2, 0.25) is 0 Å². The third-order valence-corrected chi connectivity index (χ3v) is 3.05. The van der Waals surface area contributed by atoms with Crippen molar-refractivity contribution < 1.29 is 4.79 Å². The molecule has 2 heterocycles. The molecule has 1 unspecified atom stereocenters. The zero-order valence-electron chi connectivity index (χ0n) is 12.0. The number of H-pyrrole nitrogens is 1. The lowest BCUT2D eigenvalue weighted by atomic mass is 10.2. The van der Waals surface area contributed by atoms with Gasteiger partial charge in [0.25, 0.3) is 5.91 Å². The van der Waals surface area contributed by atoms with Crippen LogP contribution in [0.1, 0.15) is 54.0 Å². The molecule has 1 atom stereocenters. The number of nitrogens with one attached hydrogen (secondary N) is 2. The van der Waals surface area contributed by atoms with E-state index in [2.05, 4.69) is 25.3 Å². The predicted molar refractivity (Wildman–Crippen MR) is 75.2 cm³/mol. The molecule has 0 fully saturated rings. The van der Waals surface area contributed by atoms with E-state index in [0.717, 1.165) is 30.2 Å². The fourth-order valence-corrected chi connectivity index (χ4v) is 1.87. The van der Waals surface area contributed by atoms with Gasteiger partial charge in [-0.1, -0.05) is 13.8 Å². The Labute approximate surface area is 118 Å². The van der Waals surface area contributed by atoms with Crippen LogP contribution in [0.3, 0.4) is 0 Å². The normalized spacial score (nSPS) is 12.2. The molecule has 2 rings (SSSR count). The van der Waals surface area contributed by atoms with E-state index < -0.39 is 0 Å². The third kappa shape index (κ3) is 3.20. The highest BCUT2D eigenvalue weighted by Gasteiger charge is 2.17. The number of carbonyl (C=O) groups excluding carboxylic acids is 1. The molecule has 6 heteroatoms. The number of hydrogen-bond donors (Lipinski definition) is 2. The molecule has 0 spiro atoms. The zero-order chi connectivity index (χ0) is 14.5. The van der Waals surface area contributed by atoms with Crippen molar-refractivity contribution in [3.63, 3.8) is 0 Å². The van der Waals surface area contributed by atoms with Crippen molar-refractivity contribution in [3.8, 4) is 0 Å². The van der Waals surface area contributed by atoms with Crippen molar-refractivity contribution in [2.24, 2.45) is 0 Å². The molecule has 20 heavy (non-hydrogen) atoms. The highest BCUT2D eigenvalue weighted by Crippen LogP contribution is 2.13. The summed E-state index contributed by atoms with van der Waals surface area (Å²) in [5, 5.41) is 2.94. The number of imidazole rings is 1. The lowest BCUT2D eigenvalue weighted by molar-refractivity contribution is 0.0933. The van der Waals surface area contributed by atoms with E-state index in [9.17, 15) is 4.79 Å². The molecule has 0 aliphatic carbocycles. The van der Waals surface area contributed by atoms with Gasteiger partial charge < -0.3 is 10.3 Å². The number of aromatic nitrogens is 4. The molecular formula is C14H19N5O. The van der Waals surface area contributed by atoms with Crippen molar-refractivity contribution in [2.75, 3.05) is 0 Å². The van der Waals surface area contributed by atoms with Crippen molar-refractivity contribution in [2.45, 2.75) is 39.7 Å². The molecule has 1 amide bonds. The fraction of sp³-hybridized carbons (Fsp3) is 0.429. The van der Waals surface area contributed by atoms with Gasteiger partial charge in [-0.2, -0.15) is 0 Å². The maximum Gasteiger partial charge on any atom is 0.255 e. The Hall–Kier alpha value is -2.24. The molecule has 0 radical (unpaired) electrons. The molecule has 6 nitrogen and oxygen atoms in total. The van der Waals surface area contributed by atoms with Crippen molar-refractivity contribution in [1.82, 2.24) is 25.3 Å². The van der Waals surface area contributed by atoms with Crippen molar-refractivity contribution in [1.29, 1.82) is 0 Å². The first kappa shape index (κ1) is 14.2. The lowest BCUT2D eigenvalue weighted by Gasteiger charge is -2.14. The number of aryl methyl sites for hydroxylation is 2. The summed E-state index contributed by atoms with van der Waals surface area (Å²) in [5.74, 6) is 1.31. The number of hydrogen-bond acceptors (Lipinski definition) is 4. The number of rotatable bonds is 5. The number of aromatic amines is 1. The van der Waals surface area contributed by atoms with Crippen LogP contribution in [0.15, 0.2) is 18.6 Å². The van der Waals surface area contributed by atoms with Gasteiger partial charge in [-0.05, 0) is 13.3 Å². The maximum absolute atomic E-state index is 12.2.